The van der Waals surface area contributed by atoms with E-state index in [2.05, 4.69) is 34.7 Å². The first-order chi connectivity index (χ1) is 14.7. The molecule has 30 heavy (non-hydrogen) atoms. The van der Waals surface area contributed by atoms with E-state index in [1.807, 2.05) is 35.2 Å². The molecule has 0 spiro atoms. The molecule has 0 radical (unpaired) electrons. The van der Waals surface area contributed by atoms with Gasteiger partial charge in [-0.1, -0.05) is 30.7 Å². The fourth-order valence-corrected chi connectivity index (χ4v) is 4.99. The van der Waals surface area contributed by atoms with Crippen LogP contribution < -0.4 is 0 Å². The monoisotopic (exact) mass is 402 g/mol. The zero-order chi connectivity index (χ0) is 20.5. The highest BCUT2D eigenvalue weighted by atomic mass is 16.2. The van der Waals surface area contributed by atoms with Crippen LogP contribution in [0.3, 0.4) is 0 Å². The molecule has 2 aliphatic rings. The number of piperidine rings is 1. The van der Waals surface area contributed by atoms with Crippen LogP contribution in [0.2, 0.25) is 0 Å². The number of hydrogen-bond acceptors (Lipinski definition) is 3. The summed E-state index contributed by atoms with van der Waals surface area (Å²) in [6.45, 7) is 4.15. The quantitative estimate of drug-likeness (QED) is 0.665. The molecule has 5 heteroatoms. The summed E-state index contributed by atoms with van der Waals surface area (Å²) >= 11 is 0. The van der Waals surface area contributed by atoms with Gasteiger partial charge in [0.1, 0.15) is 5.82 Å². The third-order valence-electron chi connectivity index (χ3n) is 6.80. The van der Waals surface area contributed by atoms with Crippen molar-refractivity contribution in [1.82, 2.24) is 19.4 Å². The molecule has 2 aromatic carbocycles. The lowest BCUT2D eigenvalue weighted by molar-refractivity contribution is 0.0771. The second-order valence-corrected chi connectivity index (χ2v) is 8.74. The lowest BCUT2D eigenvalue weighted by Gasteiger charge is -2.32. The Morgan fingerprint density at radius 2 is 1.77 bits per heavy atom. The Morgan fingerprint density at radius 3 is 2.53 bits per heavy atom. The summed E-state index contributed by atoms with van der Waals surface area (Å²) in [5, 5.41) is 0. The van der Waals surface area contributed by atoms with Crippen molar-refractivity contribution in [2.75, 3.05) is 26.2 Å². The summed E-state index contributed by atoms with van der Waals surface area (Å²) in [5.74, 6) is 1.21. The maximum atomic E-state index is 13.0. The number of carbonyl (C=O) groups is 1. The average Bonchev–Trinajstić information content (AvgIpc) is 3.40. The third-order valence-corrected chi connectivity index (χ3v) is 6.80. The van der Waals surface area contributed by atoms with E-state index in [-0.39, 0.29) is 5.91 Å². The van der Waals surface area contributed by atoms with Gasteiger partial charge >= 0.3 is 0 Å². The number of likely N-dealkylation sites (tertiary alicyclic amines) is 2. The largest absolute Gasteiger partial charge is 0.337 e. The lowest BCUT2D eigenvalue weighted by atomic mass is 10.1. The Bertz CT molecular complexity index is 1030. The molecule has 2 aliphatic heterocycles. The van der Waals surface area contributed by atoms with Gasteiger partial charge in [0.15, 0.2) is 0 Å². The normalized spacial score (nSPS) is 20.2. The lowest BCUT2D eigenvalue weighted by Crippen LogP contribution is -2.41. The Balaban J connectivity index is 1.24. The van der Waals surface area contributed by atoms with Gasteiger partial charge in [-0.2, -0.15) is 0 Å². The molecule has 1 atom stereocenters. The molecule has 3 heterocycles. The molecule has 3 aromatic rings. The van der Waals surface area contributed by atoms with Crippen molar-refractivity contribution in [1.29, 1.82) is 0 Å². The van der Waals surface area contributed by atoms with Crippen molar-refractivity contribution >= 4 is 16.9 Å². The maximum Gasteiger partial charge on any atom is 0.253 e. The minimum absolute atomic E-state index is 0.170. The van der Waals surface area contributed by atoms with Gasteiger partial charge in [-0.25, -0.2) is 4.98 Å². The van der Waals surface area contributed by atoms with E-state index >= 15 is 0 Å². The van der Waals surface area contributed by atoms with E-state index in [1.165, 1.54) is 37.9 Å². The van der Waals surface area contributed by atoms with Crippen LogP contribution in [0.1, 0.15) is 47.4 Å². The van der Waals surface area contributed by atoms with E-state index in [0.29, 0.717) is 6.04 Å². The number of aryl methyl sites for hydroxylation is 1. The van der Waals surface area contributed by atoms with Crippen LogP contribution in [0, 0.1) is 0 Å². The molecule has 5 rings (SSSR count). The molecule has 156 valence electrons. The van der Waals surface area contributed by atoms with Gasteiger partial charge in [-0.15, -0.1) is 0 Å². The standard InChI is InChI=1S/C25H30N4O/c1-27-23-8-4-3-7-22(23)26-24(27)17-19-9-11-20(12-10-19)25(30)29-16-13-21(18-29)28-14-5-2-6-15-28/h3-4,7-12,21H,2,5-6,13-18H2,1H3. The van der Waals surface area contributed by atoms with Gasteiger partial charge in [0.2, 0.25) is 0 Å². The maximum absolute atomic E-state index is 13.0. The Hall–Kier alpha value is -2.66. The van der Waals surface area contributed by atoms with Gasteiger partial charge in [-0.3, -0.25) is 9.69 Å². The van der Waals surface area contributed by atoms with Crippen LogP contribution in [-0.2, 0) is 13.5 Å². The van der Waals surface area contributed by atoms with Gasteiger partial charge in [-0.05, 0) is 62.2 Å². The molecule has 5 nitrogen and oxygen atoms in total. The first kappa shape index (κ1) is 19.3. The molecule has 1 unspecified atom stereocenters. The third kappa shape index (κ3) is 3.74. The van der Waals surface area contributed by atoms with Gasteiger partial charge in [0.25, 0.3) is 5.91 Å². The first-order valence-electron chi connectivity index (χ1n) is 11.2. The summed E-state index contributed by atoms with van der Waals surface area (Å²) < 4.78 is 2.15. The number of carbonyl (C=O) groups excluding carboxylic acids is 1. The zero-order valence-electron chi connectivity index (χ0n) is 17.8. The number of amides is 1. The van der Waals surface area contributed by atoms with Crippen LogP contribution in [0.5, 0.6) is 0 Å². The summed E-state index contributed by atoms with van der Waals surface area (Å²) in [4.78, 5) is 22.4. The molecule has 0 bridgehead atoms. The number of aromatic nitrogens is 2. The molecule has 1 amide bonds. The zero-order valence-corrected chi connectivity index (χ0v) is 17.8. The van der Waals surface area contributed by atoms with Crippen LogP contribution >= 0.6 is 0 Å². The summed E-state index contributed by atoms with van der Waals surface area (Å²) in [7, 11) is 2.06. The number of rotatable bonds is 4. The van der Waals surface area contributed by atoms with Crippen LogP contribution in [0.15, 0.2) is 48.5 Å². The predicted octanol–water partition coefficient (Wildman–Crippen LogP) is 3.86. The topological polar surface area (TPSA) is 41.4 Å². The summed E-state index contributed by atoms with van der Waals surface area (Å²) in [6.07, 6.45) is 5.83. The highest BCUT2D eigenvalue weighted by Crippen LogP contribution is 2.22. The van der Waals surface area contributed by atoms with Gasteiger partial charge in [0.05, 0.1) is 11.0 Å². The molecule has 2 fully saturated rings. The van der Waals surface area contributed by atoms with E-state index in [1.54, 1.807) is 0 Å². The average molecular weight is 403 g/mol. The molecular weight excluding hydrogens is 372 g/mol. The molecule has 1 aromatic heterocycles. The van der Waals surface area contributed by atoms with E-state index < -0.39 is 0 Å². The molecule has 0 aliphatic carbocycles. The first-order valence-corrected chi connectivity index (χ1v) is 11.2. The molecule has 2 saturated heterocycles. The van der Waals surface area contributed by atoms with Crippen LogP contribution in [-0.4, -0.2) is 57.5 Å². The van der Waals surface area contributed by atoms with Crippen molar-refractivity contribution in [2.24, 2.45) is 7.05 Å². The van der Waals surface area contributed by atoms with E-state index in [0.717, 1.165) is 48.4 Å². The highest BCUT2D eigenvalue weighted by Gasteiger charge is 2.31. The van der Waals surface area contributed by atoms with Crippen molar-refractivity contribution in [3.05, 3.63) is 65.5 Å². The summed E-state index contributed by atoms with van der Waals surface area (Å²) in [6, 6.07) is 16.9. The van der Waals surface area contributed by atoms with Crippen LogP contribution in [0.4, 0.5) is 0 Å². The number of benzene rings is 2. The number of fused-ring (bicyclic) bond motifs is 1. The Morgan fingerprint density at radius 1 is 1.00 bits per heavy atom. The predicted molar refractivity (Wildman–Crippen MR) is 120 cm³/mol. The molecular formula is C25H30N4O. The minimum Gasteiger partial charge on any atom is -0.337 e. The SMILES string of the molecule is Cn1c(Cc2ccc(C(=O)N3CCC(N4CCCCC4)C3)cc2)nc2ccccc21. The minimum atomic E-state index is 0.170. The fourth-order valence-electron chi connectivity index (χ4n) is 4.99. The number of imidazole rings is 1. The smallest absolute Gasteiger partial charge is 0.253 e. The molecule has 0 N–H and O–H groups in total. The van der Waals surface area contributed by atoms with E-state index in [4.69, 9.17) is 4.98 Å². The van der Waals surface area contributed by atoms with Crippen molar-refractivity contribution < 1.29 is 4.79 Å². The van der Waals surface area contributed by atoms with Crippen LogP contribution in [0.25, 0.3) is 11.0 Å². The fraction of sp³-hybridized carbons (Fsp3) is 0.440. The molecule has 0 saturated carbocycles. The van der Waals surface area contributed by atoms with Gasteiger partial charge < -0.3 is 9.47 Å². The Labute approximate surface area is 178 Å². The second kappa shape index (κ2) is 8.23. The van der Waals surface area contributed by atoms with Gasteiger partial charge in [0, 0.05) is 38.2 Å². The Kier molecular flexibility index (Phi) is 5.30. The van der Waals surface area contributed by atoms with E-state index in [9.17, 15) is 4.79 Å². The summed E-state index contributed by atoms with van der Waals surface area (Å²) in [5.41, 5.74) is 4.15. The van der Waals surface area contributed by atoms with Crippen molar-refractivity contribution in [3.63, 3.8) is 0 Å². The number of nitrogens with zero attached hydrogens (tertiary/aromatic N) is 4. The second-order valence-electron chi connectivity index (χ2n) is 8.74. The van der Waals surface area contributed by atoms with Crippen molar-refractivity contribution in [2.45, 2.75) is 38.1 Å². The van der Waals surface area contributed by atoms with Crippen molar-refractivity contribution in [3.8, 4) is 0 Å². The highest BCUT2D eigenvalue weighted by molar-refractivity contribution is 5.94. The number of hydrogen-bond donors (Lipinski definition) is 0. The number of para-hydroxylation sites is 2.